The summed E-state index contributed by atoms with van der Waals surface area (Å²) in [6.07, 6.45) is 5.04. The van der Waals surface area contributed by atoms with Gasteiger partial charge in [-0.2, -0.15) is 0 Å². The van der Waals surface area contributed by atoms with Gasteiger partial charge in [-0.15, -0.1) is 0 Å². The molecule has 2 N–H and O–H groups in total. The molecule has 1 unspecified atom stereocenters. The van der Waals surface area contributed by atoms with Crippen LogP contribution in [0.2, 0.25) is 0 Å². The molecule has 8 nitrogen and oxygen atoms in total. The van der Waals surface area contributed by atoms with Crippen LogP contribution >= 0.6 is 0 Å². The molecule has 1 aromatic carbocycles. The number of rotatable bonds is 4. The van der Waals surface area contributed by atoms with Crippen LogP contribution in [0.25, 0.3) is 22.4 Å². The fourth-order valence-electron chi connectivity index (χ4n) is 3.37. The summed E-state index contributed by atoms with van der Waals surface area (Å²) in [5, 5.41) is 4.26. The van der Waals surface area contributed by atoms with E-state index in [-0.39, 0.29) is 11.7 Å². The normalized spacial score (nSPS) is 12.5. The van der Waals surface area contributed by atoms with Gasteiger partial charge in [-0.1, -0.05) is 18.2 Å². The number of aromatic nitrogens is 6. The Kier molecular flexibility index (Phi) is 3.68. The van der Waals surface area contributed by atoms with E-state index in [4.69, 9.17) is 4.98 Å². The van der Waals surface area contributed by atoms with Gasteiger partial charge < -0.3 is 10.3 Å². The summed E-state index contributed by atoms with van der Waals surface area (Å²) in [7, 11) is 0. The van der Waals surface area contributed by atoms with Gasteiger partial charge in [0.2, 0.25) is 0 Å². The Bertz CT molecular complexity index is 1330. The Morgan fingerprint density at radius 1 is 1.07 bits per heavy atom. The number of hydrogen-bond acceptors (Lipinski definition) is 5. The first kappa shape index (κ1) is 16.2. The number of nitrogens with one attached hydrogen (secondary N) is 2. The van der Waals surface area contributed by atoms with E-state index in [1.807, 2.05) is 61.7 Å². The van der Waals surface area contributed by atoms with Gasteiger partial charge in [-0.05, 0) is 37.3 Å². The lowest BCUT2D eigenvalue weighted by Crippen LogP contribution is -2.31. The number of hydrogen-bond donors (Lipinski definition) is 2. The topological polar surface area (TPSA) is 92.9 Å². The molecule has 0 radical (unpaired) electrons. The number of fused-ring (bicyclic) bond motifs is 2. The molecule has 0 amide bonds. The highest BCUT2D eigenvalue weighted by molar-refractivity contribution is 5.86. The summed E-state index contributed by atoms with van der Waals surface area (Å²) in [5.74, 6) is 1.28. The predicted octanol–water partition coefficient (Wildman–Crippen LogP) is 2.93. The van der Waals surface area contributed by atoms with Crippen LogP contribution in [0.1, 0.15) is 18.8 Å². The van der Waals surface area contributed by atoms with Gasteiger partial charge >= 0.3 is 5.69 Å². The first-order valence-corrected chi connectivity index (χ1v) is 8.92. The lowest BCUT2D eigenvalue weighted by Gasteiger charge is -2.19. The van der Waals surface area contributed by atoms with E-state index >= 15 is 0 Å². The van der Waals surface area contributed by atoms with Crippen molar-refractivity contribution in [3.8, 4) is 5.69 Å². The summed E-state index contributed by atoms with van der Waals surface area (Å²) in [4.78, 5) is 29.6. The highest BCUT2D eigenvalue weighted by atomic mass is 16.1. The van der Waals surface area contributed by atoms with Crippen molar-refractivity contribution in [2.45, 2.75) is 13.0 Å². The van der Waals surface area contributed by atoms with Crippen LogP contribution in [0, 0.1) is 0 Å². The minimum atomic E-state index is -0.277. The van der Waals surface area contributed by atoms with E-state index in [1.165, 1.54) is 10.7 Å². The van der Waals surface area contributed by atoms with Crippen LogP contribution in [0.4, 0.5) is 5.82 Å². The quantitative estimate of drug-likeness (QED) is 0.507. The molecule has 8 heteroatoms. The second-order valence-corrected chi connectivity index (χ2v) is 6.49. The fourth-order valence-corrected chi connectivity index (χ4v) is 3.37. The molecule has 1 atom stereocenters. The third-order valence-corrected chi connectivity index (χ3v) is 4.69. The van der Waals surface area contributed by atoms with E-state index in [0.717, 1.165) is 16.7 Å². The summed E-state index contributed by atoms with van der Waals surface area (Å²) < 4.78 is 3.17. The van der Waals surface area contributed by atoms with Gasteiger partial charge in [-0.3, -0.25) is 4.40 Å². The van der Waals surface area contributed by atoms with Crippen molar-refractivity contribution in [1.29, 1.82) is 0 Å². The standard InChI is InChI=1S/C20H17N7O/c1-13(24-18-15-9-10-21-17(15)22-12-23-18)19-25-16-8-5-11-26(16)20(28)27(19)14-6-3-2-4-7-14/h2-13H,1H3,(H2,21,22,23,24). The average molecular weight is 371 g/mol. The maximum absolute atomic E-state index is 13.2. The lowest BCUT2D eigenvalue weighted by molar-refractivity contribution is 0.695. The molecule has 5 aromatic rings. The molecule has 0 aliphatic carbocycles. The molecule has 0 bridgehead atoms. The third kappa shape index (κ3) is 2.54. The van der Waals surface area contributed by atoms with Crippen molar-refractivity contribution in [1.82, 2.24) is 28.9 Å². The Labute approximate surface area is 159 Å². The second-order valence-electron chi connectivity index (χ2n) is 6.49. The maximum Gasteiger partial charge on any atom is 0.339 e. The minimum absolute atomic E-state index is 0.167. The summed E-state index contributed by atoms with van der Waals surface area (Å²) >= 11 is 0. The maximum atomic E-state index is 13.2. The third-order valence-electron chi connectivity index (χ3n) is 4.69. The van der Waals surface area contributed by atoms with E-state index in [2.05, 4.69) is 20.3 Å². The van der Waals surface area contributed by atoms with Gasteiger partial charge in [0.25, 0.3) is 0 Å². The first-order chi connectivity index (χ1) is 13.7. The number of nitrogens with zero attached hydrogens (tertiary/aromatic N) is 5. The van der Waals surface area contributed by atoms with Crippen molar-refractivity contribution in [3.05, 3.63) is 83.6 Å². The lowest BCUT2D eigenvalue weighted by atomic mass is 10.2. The summed E-state index contributed by atoms with van der Waals surface area (Å²) in [6, 6.07) is 14.8. The van der Waals surface area contributed by atoms with Crippen molar-refractivity contribution >= 4 is 22.5 Å². The van der Waals surface area contributed by atoms with Crippen molar-refractivity contribution < 1.29 is 0 Å². The molecule has 28 heavy (non-hydrogen) atoms. The second kappa shape index (κ2) is 6.34. The number of aromatic amines is 1. The molecule has 4 heterocycles. The van der Waals surface area contributed by atoms with Crippen LogP contribution in [0.3, 0.4) is 0 Å². The van der Waals surface area contributed by atoms with Crippen LogP contribution < -0.4 is 11.0 Å². The van der Waals surface area contributed by atoms with Gasteiger partial charge in [0.05, 0.1) is 17.1 Å². The highest BCUT2D eigenvalue weighted by Crippen LogP contribution is 2.23. The molecule has 0 aliphatic rings. The molecule has 0 saturated heterocycles. The number of anilines is 1. The van der Waals surface area contributed by atoms with Crippen LogP contribution in [-0.2, 0) is 0 Å². The zero-order valence-corrected chi connectivity index (χ0v) is 15.1. The zero-order valence-electron chi connectivity index (χ0n) is 15.1. The van der Waals surface area contributed by atoms with Gasteiger partial charge in [0.15, 0.2) is 0 Å². The van der Waals surface area contributed by atoms with E-state index < -0.39 is 0 Å². The minimum Gasteiger partial charge on any atom is -0.360 e. The zero-order chi connectivity index (χ0) is 19.1. The van der Waals surface area contributed by atoms with Crippen molar-refractivity contribution in [2.75, 3.05) is 5.32 Å². The molecule has 138 valence electrons. The molecule has 0 saturated carbocycles. The number of benzene rings is 1. The van der Waals surface area contributed by atoms with Crippen LogP contribution in [-0.4, -0.2) is 28.9 Å². The van der Waals surface area contributed by atoms with E-state index in [9.17, 15) is 4.79 Å². The summed E-state index contributed by atoms with van der Waals surface area (Å²) in [5.41, 5.74) is 1.95. The van der Waals surface area contributed by atoms with E-state index in [0.29, 0.717) is 17.3 Å². The monoisotopic (exact) mass is 371 g/mol. The smallest absolute Gasteiger partial charge is 0.339 e. The molecule has 0 aliphatic heterocycles. The van der Waals surface area contributed by atoms with Gasteiger partial charge in [-0.25, -0.2) is 24.3 Å². The van der Waals surface area contributed by atoms with Crippen molar-refractivity contribution in [3.63, 3.8) is 0 Å². The molecular weight excluding hydrogens is 354 g/mol. The predicted molar refractivity (Wildman–Crippen MR) is 107 cm³/mol. The number of para-hydroxylation sites is 1. The Hall–Kier alpha value is -3.94. The average Bonchev–Trinajstić information content (AvgIpc) is 3.38. The Morgan fingerprint density at radius 2 is 1.93 bits per heavy atom. The highest BCUT2D eigenvalue weighted by Gasteiger charge is 2.19. The van der Waals surface area contributed by atoms with Crippen LogP contribution in [0.15, 0.2) is 72.0 Å². The first-order valence-electron chi connectivity index (χ1n) is 8.92. The molecule has 5 rings (SSSR count). The summed E-state index contributed by atoms with van der Waals surface area (Å²) in [6.45, 7) is 1.96. The molecule has 4 aromatic heterocycles. The van der Waals surface area contributed by atoms with Gasteiger partial charge in [0, 0.05) is 12.4 Å². The Morgan fingerprint density at radius 3 is 2.79 bits per heavy atom. The molecule has 0 fully saturated rings. The molecule has 0 spiro atoms. The molecular formula is C20H17N7O. The SMILES string of the molecule is CC(Nc1ncnc2[nH]ccc12)c1nc2cccn2c(=O)n1-c1ccccc1. The number of H-pyrrole nitrogens is 1. The van der Waals surface area contributed by atoms with Gasteiger partial charge in [0.1, 0.15) is 29.3 Å². The Balaban J connectivity index is 1.67. The van der Waals surface area contributed by atoms with Crippen LogP contribution in [0.5, 0.6) is 0 Å². The van der Waals surface area contributed by atoms with Crippen molar-refractivity contribution in [2.24, 2.45) is 0 Å². The largest absolute Gasteiger partial charge is 0.360 e. The van der Waals surface area contributed by atoms with E-state index in [1.54, 1.807) is 10.8 Å². The fraction of sp³-hybridized carbons (Fsp3) is 0.100.